The van der Waals surface area contributed by atoms with Gasteiger partial charge in [0, 0.05) is 0 Å². The molecule has 7 nitrogen and oxygen atoms in total. The molecule has 0 radical (unpaired) electrons. The summed E-state index contributed by atoms with van der Waals surface area (Å²) in [6.45, 7) is 0. The molecule has 122 valence electrons. The Balaban J connectivity index is 2.25. The van der Waals surface area contributed by atoms with Crippen LogP contribution in [0.3, 0.4) is 0 Å². The first-order valence-electron chi connectivity index (χ1n) is 7.02. The van der Waals surface area contributed by atoms with Crippen molar-refractivity contribution >= 4 is 17.6 Å². The van der Waals surface area contributed by atoms with Gasteiger partial charge in [0.2, 0.25) is 11.8 Å². The van der Waals surface area contributed by atoms with Crippen LogP contribution in [0.5, 0.6) is 11.6 Å². The lowest BCUT2D eigenvalue weighted by molar-refractivity contribution is 0.372. The van der Waals surface area contributed by atoms with Crippen molar-refractivity contribution in [1.82, 2.24) is 9.97 Å². The van der Waals surface area contributed by atoms with Gasteiger partial charge in [0.1, 0.15) is 23.2 Å². The molecule has 1 aromatic carbocycles. The SMILES string of the molecule is COc1cccc([C@@H]2C(C#N)=C(N)Oc3nc(SC)nc(N)c32)c1. The minimum atomic E-state index is -0.509. The molecule has 8 heteroatoms. The van der Waals surface area contributed by atoms with Crippen molar-refractivity contribution in [2.75, 3.05) is 19.1 Å². The predicted octanol–water partition coefficient (Wildman–Crippen LogP) is 2.01. The number of hydrogen-bond donors (Lipinski definition) is 2. The van der Waals surface area contributed by atoms with Gasteiger partial charge in [-0.05, 0) is 24.0 Å². The van der Waals surface area contributed by atoms with Gasteiger partial charge >= 0.3 is 0 Å². The Kier molecular flexibility index (Phi) is 4.18. The molecule has 0 fully saturated rings. The standard InChI is InChI=1S/C16H15N5O2S/c1-22-9-5-3-4-8(6-9)11-10(7-17)14(19)23-15-12(11)13(18)20-16(21-15)24-2/h3-6,11H,19H2,1-2H3,(H2,18,20,21)/t11-/m1/s1. The lowest BCUT2D eigenvalue weighted by Crippen LogP contribution is -2.23. The number of nitrogen functional groups attached to an aromatic ring is 1. The summed E-state index contributed by atoms with van der Waals surface area (Å²) in [7, 11) is 1.58. The quantitative estimate of drug-likeness (QED) is 0.642. The topological polar surface area (TPSA) is 120 Å². The second-order valence-corrected chi connectivity index (χ2v) is 5.79. The molecule has 4 N–H and O–H groups in total. The van der Waals surface area contributed by atoms with E-state index in [1.807, 2.05) is 30.5 Å². The van der Waals surface area contributed by atoms with Crippen LogP contribution in [-0.2, 0) is 0 Å². The van der Waals surface area contributed by atoms with E-state index < -0.39 is 5.92 Å². The molecule has 1 aliphatic heterocycles. The van der Waals surface area contributed by atoms with E-state index >= 15 is 0 Å². The highest BCUT2D eigenvalue weighted by molar-refractivity contribution is 7.98. The Bertz CT molecular complexity index is 875. The van der Waals surface area contributed by atoms with Crippen LogP contribution in [0.1, 0.15) is 17.0 Å². The smallest absolute Gasteiger partial charge is 0.231 e. The van der Waals surface area contributed by atoms with Gasteiger partial charge in [0.15, 0.2) is 5.16 Å². The molecule has 0 amide bonds. The van der Waals surface area contributed by atoms with Crippen molar-refractivity contribution in [1.29, 1.82) is 5.26 Å². The number of aromatic nitrogens is 2. The van der Waals surface area contributed by atoms with E-state index in [9.17, 15) is 5.26 Å². The maximum Gasteiger partial charge on any atom is 0.231 e. The van der Waals surface area contributed by atoms with Gasteiger partial charge < -0.3 is 20.9 Å². The summed E-state index contributed by atoms with van der Waals surface area (Å²) in [6.07, 6.45) is 1.84. The lowest BCUT2D eigenvalue weighted by Gasteiger charge is -2.26. The first-order valence-corrected chi connectivity index (χ1v) is 8.24. The minimum Gasteiger partial charge on any atom is -0.497 e. The first-order chi connectivity index (χ1) is 11.6. The van der Waals surface area contributed by atoms with Crippen molar-refractivity contribution in [2.45, 2.75) is 11.1 Å². The van der Waals surface area contributed by atoms with Crippen molar-refractivity contribution in [3.63, 3.8) is 0 Å². The summed E-state index contributed by atoms with van der Waals surface area (Å²) in [4.78, 5) is 8.59. The van der Waals surface area contributed by atoms with Gasteiger partial charge in [-0.2, -0.15) is 10.2 Å². The van der Waals surface area contributed by atoms with Crippen LogP contribution in [0.2, 0.25) is 0 Å². The number of nitriles is 1. The Morgan fingerprint density at radius 3 is 2.79 bits per heavy atom. The summed E-state index contributed by atoms with van der Waals surface area (Å²) in [6, 6.07) is 9.46. The van der Waals surface area contributed by atoms with Crippen molar-refractivity contribution < 1.29 is 9.47 Å². The second-order valence-electron chi connectivity index (χ2n) is 5.02. The zero-order chi connectivity index (χ0) is 17.3. The largest absolute Gasteiger partial charge is 0.497 e. The van der Waals surface area contributed by atoms with Crippen LogP contribution < -0.4 is 20.9 Å². The highest BCUT2D eigenvalue weighted by Crippen LogP contribution is 2.44. The third-order valence-corrected chi connectivity index (χ3v) is 4.25. The summed E-state index contributed by atoms with van der Waals surface area (Å²) < 4.78 is 10.8. The van der Waals surface area contributed by atoms with Gasteiger partial charge in [-0.1, -0.05) is 23.9 Å². The molecular formula is C16H15N5O2S. The van der Waals surface area contributed by atoms with E-state index in [2.05, 4.69) is 16.0 Å². The third-order valence-electron chi connectivity index (χ3n) is 3.70. The molecule has 0 saturated carbocycles. The molecule has 24 heavy (non-hydrogen) atoms. The molecule has 1 aliphatic rings. The highest BCUT2D eigenvalue weighted by atomic mass is 32.2. The highest BCUT2D eigenvalue weighted by Gasteiger charge is 2.34. The molecule has 1 atom stereocenters. The summed E-state index contributed by atoms with van der Waals surface area (Å²) in [5.41, 5.74) is 13.7. The van der Waals surface area contributed by atoms with E-state index in [1.54, 1.807) is 7.11 Å². The predicted molar refractivity (Wildman–Crippen MR) is 90.5 cm³/mol. The average molecular weight is 341 g/mol. The zero-order valence-electron chi connectivity index (χ0n) is 13.1. The van der Waals surface area contributed by atoms with E-state index in [0.29, 0.717) is 16.5 Å². The number of ether oxygens (including phenoxy) is 2. The van der Waals surface area contributed by atoms with Gasteiger partial charge in [-0.3, -0.25) is 0 Å². The Hall–Kier alpha value is -2.92. The number of fused-ring (bicyclic) bond motifs is 1. The molecule has 3 rings (SSSR count). The number of allylic oxidation sites excluding steroid dienone is 1. The molecule has 2 heterocycles. The number of thioether (sulfide) groups is 1. The fraction of sp³-hybridized carbons (Fsp3) is 0.188. The summed E-state index contributed by atoms with van der Waals surface area (Å²) in [5.74, 6) is 0.706. The Morgan fingerprint density at radius 2 is 2.12 bits per heavy atom. The van der Waals surface area contributed by atoms with Crippen LogP contribution in [0.25, 0.3) is 0 Å². The molecule has 0 aliphatic carbocycles. The van der Waals surface area contributed by atoms with Crippen LogP contribution >= 0.6 is 11.8 Å². The van der Waals surface area contributed by atoms with Crippen LogP contribution in [0.4, 0.5) is 5.82 Å². The summed E-state index contributed by atoms with van der Waals surface area (Å²) in [5, 5.41) is 10.0. The molecular weight excluding hydrogens is 326 g/mol. The third kappa shape index (κ3) is 2.59. The molecule has 1 aromatic heterocycles. The normalized spacial score (nSPS) is 16.1. The number of benzene rings is 1. The lowest BCUT2D eigenvalue weighted by atomic mass is 9.84. The van der Waals surface area contributed by atoms with E-state index in [1.165, 1.54) is 11.8 Å². The van der Waals surface area contributed by atoms with Crippen LogP contribution in [-0.4, -0.2) is 23.3 Å². The fourth-order valence-electron chi connectivity index (χ4n) is 2.61. The molecule has 0 saturated heterocycles. The molecule has 0 spiro atoms. The maximum absolute atomic E-state index is 9.55. The zero-order valence-corrected chi connectivity index (χ0v) is 13.9. The van der Waals surface area contributed by atoms with Crippen LogP contribution in [0, 0.1) is 11.3 Å². The van der Waals surface area contributed by atoms with E-state index in [0.717, 1.165) is 5.56 Å². The van der Waals surface area contributed by atoms with Gasteiger partial charge in [0.05, 0.1) is 18.6 Å². The van der Waals surface area contributed by atoms with Gasteiger partial charge in [-0.25, -0.2) is 4.98 Å². The average Bonchev–Trinajstić information content (AvgIpc) is 2.60. The number of rotatable bonds is 3. The minimum absolute atomic E-state index is 0.0166. The fourth-order valence-corrected chi connectivity index (χ4v) is 2.97. The van der Waals surface area contributed by atoms with Crippen molar-refractivity contribution in [3.05, 3.63) is 46.8 Å². The monoisotopic (exact) mass is 341 g/mol. The van der Waals surface area contributed by atoms with E-state index in [-0.39, 0.29) is 23.2 Å². The molecule has 0 bridgehead atoms. The van der Waals surface area contributed by atoms with Gasteiger partial charge in [0.25, 0.3) is 0 Å². The number of anilines is 1. The summed E-state index contributed by atoms with van der Waals surface area (Å²) >= 11 is 1.34. The van der Waals surface area contributed by atoms with E-state index in [4.69, 9.17) is 20.9 Å². The number of nitrogens with zero attached hydrogens (tertiary/aromatic N) is 3. The number of hydrogen-bond acceptors (Lipinski definition) is 8. The molecule has 2 aromatic rings. The Morgan fingerprint density at radius 1 is 1.33 bits per heavy atom. The number of methoxy groups -OCH3 is 1. The van der Waals surface area contributed by atoms with Crippen molar-refractivity contribution in [3.8, 4) is 17.7 Å². The van der Waals surface area contributed by atoms with Crippen LogP contribution in [0.15, 0.2) is 40.9 Å². The number of nitrogens with two attached hydrogens (primary N) is 2. The molecule has 0 unspecified atom stereocenters. The van der Waals surface area contributed by atoms with Crippen molar-refractivity contribution in [2.24, 2.45) is 5.73 Å². The second kappa shape index (κ2) is 6.29. The first kappa shape index (κ1) is 16.0. The van der Waals surface area contributed by atoms with Gasteiger partial charge in [-0.15, -0.1) is 0 Å². The Labute approximate surface area is 143 Å². The maximum atomic E-state index is 9.55.